The number of ether oxygens (including phenoxy) is 2. The monoisotopic (exact) mass is 349 g/mol. The van der Waals surface area contributed by atoms with Crippen molar-refractivity contribution in [2.75, 3.05) is 19.0 Å². The van der Waals surface area contributed by atoms with Gasteiger partial charge in [0.05, 0.1) is 13.7 Å². The Labute approximate surface area is 132 Å². The molecule has 0 spiro atoms. The van der Waals surface area contributed by atoms with E-state index in [9.17, 15) is 4.79 Å². The Morgan fingerprint density at radius 3 is 2.62 bits per heavy atom. The Morgan fingerprint density at radius 2 is 1.95 bits per heavy atom. The second kappa shape index (κ2) is 7.81. The van der Waals surface area contributed by atoms with Crippen LogP contribution in [-0.2, 0) is 16.1 Å². The molecule has 2 aromatic rings. The van der Waals surface area contributed by atoms with E-state index in [4.69, 9.17) is 9.47 Å². The average molecular weight is 350 g/mol. The van der Waals surface area contributed by atoms with Crippen molar-refractivity contribution in [3.63, 3.8) is 0 Å². The highest BCUT2D eigenvalue weighted by Crippen LogP contribution is 2.15. The number of carbonyl (C=O) groups is 1. The van der Waals surface area contributed by atoms with Gasteiger partial charge in [-0.15, -0.1) is 0 Å². The lowest BCUT2D eigenvalue weighted by Gasteiger charge is -2.07. The van der Waals surface area contributed by atoms with Crippen LogP contribution < -0.4 is 10.1 Å². The number of nitrogens with one attached hydrogen (secondary N) is 1. The van der Waals surface area contributed by atoms with Gasteiger partial charge in [-0.05, 0) is 35.9 Å². The number of carbonyl (C=O) groups excluding carboxylic acids is 1. The molecule has 5 heteroatoms. The van der Waals surface area contributed by atoms with E-state index < -0.39 is 0 Å². The summed E-state index contributed by atoms with van der Waals surface area (Å²) in [4.78, 5) is 11.7. The molecule has 0 radical (unpaired) electrons. The van der Waals surface area contributed by atoms with E-state index >= 15 is 0 Å². The number of amides is 1. The highest BCUT2D eigenvalue weighted by molar-refractivity contribution is 9.10. The maximum absolute atomic E-state index is 11.7. The summed E-state index contributed by atoms with van der Waals surface area (Å²) in [7, 11) is 1.62. The van der Waals surface area contributed by atoms with E-state index in [-0.39, 0.29) is 12.5 Å². The molecule has 0 aliphatic heterocycles. The molecule has 0 atom stereocenters. The third kappa shape index (κ3) is 5.21. The van der Waals surface area contributed by atoms with Crippen LogP contribution in [-0.4, -0.2) is 19.6 Å². The average Bonchev–Trinajstić information content (AvgIpc) is 2.48. The zero-order valence-corrected chi connectivity index (χ0v) is 13.2. The Kier molecular flexibility index (Phi) is 5.78. The molecule has 0 fully saturated rings. The topological polar surface area (TPSA) is 47.6 Å². The fourth-order valence-corrected chi connectivity index (χ4v) is 2.15. The Hall–Kier alpha value is -1.85. The van der Waals surface area contributed by atoms with Crippen LogP contribution in [0.25, 0.3) is 0 Å². The first-order valence-corrected chi connectivity index (χ1v) is 7.23. The molecule has 4 nitrogen and oxygen atoms in total. The first kappa shape index (κ1) is 15.5. The maximum Gasteiger partial charge on any atom is 0.250 e. The zero-order valence-electron chi connectivity index (χ0n) is 11.6. The van der Waals surface area contributed by atoms with Crippen molar-refractivity contribution < 1.29 is 14.3 Å². The van der Waals surface area contributed by atoms with Crippen LogP contribution in [0.15, 0.2) is 53.0 Å². The summed E-state index contributed by atoms with van der Waals surface area (Å²) in [6, 6.07) is 15.0. The van der Waals surface area contributed by atoms with Crippen LogP contribution in [0.1, 0.15) is 5.56 Å². The van der Waals surface area contributed by atoms with Crippen LogP contribution in [0.4, 0.5) is 5.69 Å². The SMILES string of the molecule is COc1ccc(COCC(=O)Nc2cccc(Br)c2)cc1. The maximum atomic E-state index is 11.7. The van der Waals surface area contributed by atoms with Crippen molar-refractivity contribution in [1.82, 2.24) is 0 Å². The Morgan fingerprint density at radius 1 is 1.19 bits per heavy atom. The highest BCUT2D eigenvalue weighted by Gasteiger charge is 2.03. The van der Waals surface area contributed by atoms with Crippen LogP contribution in [0.2, 0.25) is 0 Å². The van der Waals surface area contributed by atoms with Crippen molar-refractivity contribution >= 4 is 27.5 Å². The van der Waals surface area contributed by atoms with Crippen molar-refractivity contribution in [1.29, 1.82) is 0 Å². The van der Waals surface area contributed by atoms with Crippen molar-refractivity contribution in [2.45, 2.75) is 6.61 Å². The van der Waals surface area contributed by atoms with E-state index in [0.29, 0.717) is 6.61 Å². The molecule has 0 bridgehead atoms. The molecule has 0 aliphatic carbocycles. The first-order chi connectivity index (χ1) is 10.2. The Balaban J connectivity index is 1.76. The van der Waals surface area contributed by atoms with E-state index in [2.05, 4.69) is 21.2 Å². The van der Waals surface area contributed by atoms with Gasteiger partial charge in [-0.2, -0.15) is 0 Å². The van der Waals surface area contributed by atoms with E-state index in [1.165, 1.54) is 0 Å². The lowest BCUT2D eigenvalue weighted by atomic mass is 10.2. The minimum atomic E-state index is -0.179. The van der Waals surface area contributed by atoms with Gasteiger partial charge in [0.15, 0.2) is 0 Å². The second-order valence-electron chi connectivity index (χ2n) is 4.40. The molecule has 0 aliphatic rings. The summed E-state index contributed by atoms with van der Waals surface area (Å²) in [5, 5.41) is 2.77. The van der Waals surface area contributed by atoms with Crippen LogP contribution >= 0.6 is 15.9 Å². The van der Waals surface area contributed by atoms with E-state index in [0.717, 1.165) is 21.5 Å². The second-order valence-corrected chi connectivity index (χ2v) is 5.32. The number of hydrogen-bond acceptors (Lipinski definition) is 3. The zero-order chi connectivity index (χ0) is 15.1. The van der Waals surface area contributed by atoms with Crippen LogP contribution in [0, 0.1) is 0 Å². The third-order valence-corrected chi connectivity index (χ3v) is 3.26. The molecule has 2 aromatic carbocycles. The molecular formula is C16H16BrNO3. The Bertz CT molecular complexity index is 599. The standard InChI is InChI=1S/C16H16BrNO3/c1-20-15-7-5-12(6-8-15)10-21-11-16(19)18-14-4-2-3-13(17)9-14/h2-9H,10-11H2,1H3,(H,18,19). The van der Waals surface area contributed by atoms with Crippen molar-refractivity contribution in [2.24, 2.45) is 0 Å². The predicted molar refractivity (Wildman–Crippen MR) is 85.4 cm³/mol. The number of hydrogen-bond donors (Lipinski definition) is 1. The largest absolute Gasteiger partial charge is 0.497 e. The van der Waals surface area contributed by atoms with Gasteiger partial charge >= 0.3 is 0 Å². The molecule has 1 amide bonds. The van der Waals surface area contributed by atoms with Crippen LogP contribution in [0.3, 0.4) is 0 Å². The lowest BCUT2D eigenvalue weighted by molar-refractivity contribution is -0.121. The van der Waals surface area contributed by atoms with Gasteiger partial charge in [0.25, 0.3) is 0 Å². The normalized spacial score (nSPS) is 10.2. The summed E-state index contributed by atoms with van der Waals surface area (Å²) < 4.78 is 11.4. The quantitative estimate of drug-likeness (QED) is 0.866. The van der Waals surface area contributed by atoms with Gasteiger partial charge in [0.2, 0.25) is 5.91 Å². The molecule has 110 valence electrons. The highest BCUT2D eigenvalue weighted by atomic mass is 79.9. The van der Waals surface area contributed by atoms with Gasteiger partial charge in [-0.3, -0.25) is 4.79 Å². The fourth-order valence-electron chi connectivity index (χ4n) is 1.75. The van der Waals surface area contributed by atoms with Gasteiger partial charge < -0.3 is 14.8 Å². The molecule has 0 aromatic heterocycles. The fraction of sp³-hybridized carbons (Fsp3) is 0.188. The number of anilines is 1. The third-order valence-electron chi connectivity index (χ3n) is 2.77. The molecule has 0 heterocycles. The minimum absolute atomic E-state index is 0.0124. The predicted octanol–water partition coefficient (Wildman–Crippen LogP) is 3.61. The van der Waals surface area contributed by atoms with Gasteiger partial charge in [-0.25, -0.2) is 0 Å². The molecule has 1 N–H and O–H groups in total. The molecule has 2 rings (SSSR count). The van der Waals surface area contributed by atoms with Gasteiger partial charge in [-0.1, -0.05) is 34.1 Å². The number of halogens is 1. The van der Waals surface area contributed by atoms with E-state index in [1.54, 1.807) is 7.11 Å². The number of methoxy groups -OCH3 is 1. The number of rotatable bonds is 6. The first-order valence-electron chi connectivity index (χ1n) is 6.43. The molecule has 21 heavy (non-hydrogen) atoms. The smallest absolute Gasteiger partial charge is 0.250 e. The van der Waals surface area contributed by atoms with Crippen molar-refractivity contribution in [3.05, 3.63) is 58.6 Å². The molecule has 0 saturated heterocycles. The minimum Gasteiger partial charge on any atom is -0.497 e. The van der Waals surface area contributed by atoms with Gasteiger partial charge in [0.1, 0.15) is 12.4 Å². The lowest BCUT2D eigenvalue weighted by Crippen LogP contribution is -2.18. The summed E-state index contributed by atoms with van der Waals surface area (Å²) in [5.41, 5.74) is 1.73. The van der Waals surface area contributed by atoms with Gasteiger partial charge in [0, 0.05) is 10.2 Å². The molecular weight excluding hydrogens is 334 g/mol. The summed E-state index contributed by atoms with van der Waals surface area (Å²) in [5.74, 6) is 0.618. The number of benzene rings is 2. The summed E-state index contributed by atoms with van der Waals surface area (Å²) in [6.07, 6.45) is 0. The molecule has 0 unspecified atom stereocenters. The molecule has 0 saturated carbocycles. The van der Waals surface area contributed by atoms with Crippen molar-refractivity contribution in [3.8, 4) is 5.75 Å². The summed E-state index contributed by atoms with van der Waals surface area (Å²) in [6.45, 7) is 0.397. The van der Waals surface area contributed by atoms with Crippen LogP contribution in [0.5, 0.6) is 5.75 Å². The summed E-state index contributed by atoms with van der Waals surface area (Å²) >= 11 is 3.35. The van der Waals surface area contributed by atoms with E-state index in [1.807, 2.05) is 48.5 Å².